The minimum Gasteiger partial charge on any atom is -0.387 e. The summed E-state index contributed by atoms with van der Waals surface area (Å²) in [6.07, 6.45) is -0.589. The maximum atomic E-state index is 13.0. The molecule has 0 spiro atoms. The molecule has 1 atom stereocenters. The highest BCUT2D eigenvalue weighted by Gasteiger charge is 2.32. The van der Waals surface area contributed by atoms with Crippen molar-refractivity contribution in [2.75, 3.05) is 0 Å². The molecule has 3 heteroatoms. The fourth-order valence-electron chi connectivity index (χ4n) is 2.10. The fraction of sp³-hybridized carbons (Fsp3) is 0.333. The van der Waals surface area contributed by atoms with Gasteiger partial charge in [0.15, 0.2) is 0 Å². The topological polar surface area (TPSA) is 20.2 Å². The molecule has 0 fully saturated rings. The molecule has 0 radical (unpaired) electrons. The van der Waals surface area contributed by atoms with Crippen LogP contribution in [0.25, 0.3) is 0 Å². The van der Waals surface area contributed by atoms with Gasteiger partial charge < -0.3 is 5.11 Å². The third-order valence-electron chi connectivity index (χ3n) is 3.47. The molecule has 0 amide bonds. The molecule has 2 aromatic rings. The lowest BCUT2D eigenvalue weighted by molar-refractivity contribution is 0.100. The van der Waals surface area contributed by atoms with Gasteiger partial charge in [-0.2, -0.15) is 0 Å². The first-order chi connectivity index (χ1) is 8.43. The van der Waals surface area contributed by atoms with Crippen molar-refractivity contribution < 1.29 is 9.50 Å². The van der Waals surface area contributed by atoms with Crippen LogP contribution in [0.4, 0.5) is 4.39 Å². The molecule has 0 aliphatic carbocycles. The standard InChI is InChI=1S/C15H17FOS/c1-10-13(8-9-18-10)14(17)15(2,3)11-4-6-12(16)7-5-11/h4-9,14,17H,1-3H3. The van der Waals surface area contributed by atoms with Crippen LogP contribution in [-0.4, -0.2) is 5.11 Å². The second-order valence-corrected chi connectivity index (χ2v) is 6.18. The molecular formula is C15H17FOS. The summed E-state index contributed by atoms with van der Waals surface area (Å²) in [4.78, 5) is 1.12. The lowest BCUT2D eigenvalue weighted by Gasteiger charge is -2.31. The molecule has 0 aliphatic rings. The van der Waals surface area contributed by atoms with Crippen molar-refractivity contribution in [1.82, 2.24) is 0 Å². The molecule has 0 saturated carbocycles. The Labute approximate surface area is 111 Å². The second-order valence-electron chi connectivity index (χ2n) is 5.06. The van der Waals surface area contributed by atoms with E-state index in [1.807, 2.05) is 32.2 Å². The number of hydrogen-bond acceptors (Lipinski definition) is 2. The summed E-state index contributed by atoms with van der Waals surface area (Å²) >= 11 is 1.63. The fourth-order valence-corrected chi connectivity index (χ4v) is 2.84. The quantitative estimate of drug-likeness (QED) is 0.880. The lowest BCUT2D eigenvalue weighted by Crippen LogP contribution is -2.27. The largest absolute Gasteiger partial charge is 0.387 e. The molecule has 2 rings (SSSR count). The normalized spacial score (nSPS) is 13.6. The van der Waals surface area contributed by atoms with Crippen LogP contribution in [0.5, 0.6) is 0 Å². The summed E-state index contributed by atoms with van der Waals surface area (Å²) in [6.45, 7) is 5.95. The minimum atomic E-state index is -0.589. The van der Waals surface area contributed by atoms with Crippen LogP contribution in [0.2, 0.25) is 0 Å². The van der Waals surface area contributed by atoms with Gasteiger partial charge in [-0.25, -0.2) is 4.39 Å². The molecule has 0 bridgehead atoms. The Hall–Kier alpha value is -1.19. The van der Waals surface area contributed by atoms with Crippen molar-refractivity contribution in [3.63, 3.8) is 0 Å². The van der Waals surface area contributed by atoms with Gasteiger partial charge >= 0.3 is 0 Å². The summed E-state index contributed by atoms with van der Waals surface area (Å²) in [6, 6.07) is 8.30. The van der Waals surface area contributed by atoms with Gasteiger partial charge in [0.2, 0.25) is 0 Å². The number of aliphatic hydroxyl groups is 1. The zero-order valence-electron chi connectivity index (χ0n) is 10.8. The predicted molar refractivity (Wildman–Crippen MR) is 73.4 cm³/mol. The zero-order chi connectivity index (χ0) is 13.3. The van der Waals surface area contributed by atoms with Gasteiger partial charge in [0.05, 0.1) is 6.10 Å². The Bertz CT molecular complexity index is 528. The number of thiophene rings is 1. The van der Waals surface area contributed by atoms with Crippen molar-refractivity contribution in [3.8, 4) is 0 Å². The number of hydrogen-bond donors (Lipinski definition) is 1. The average molecular weight is 264 g/mol. The Kier molecular flexibility index (Phi) is 3.55. The smallest absolute Gasteiger partial charge is 0.123 e. The van der Waals surface area contributed by atoms with Crippen molar-refractivity contribution in [2.24, 2.45) is 0 Å². The minimum absolute atomic E-state index is 0.254. The van der Waals surface area contributed by atoms with E-state index in [0.717, 1.165) is 16.0 Å². The van der Waals surface area contributed by atoms with Crippen molar-refractivity contribution >= 4 is 11.3 Å². The molecule has 1 N–H and O–H groups in total. The van der Waals surface area contributed by atoms with Crippen LogP contribution in [0.15, 0.2) is 35.7 Å². The molecule has 1 nitrogen and oxygen atoms in total. The first-order valence-corrected chi connectivity index (χ1v) is 6.79. The van der Waals surface area contributed by atoms with Crippen molar-refractivity contribution in [3.05, 3.63) is 57.5 Å². The Morgan fingerprint density at radius 3 is 2.28 bits per heavy atom. The van der Waals surface area contributed by atoms with E-state index in [1.165, 1.54) is 12.1 Å². The van der Waals surface area contributed by atoms with Gasteiger partial charge in [-0.15, -0.1) is 11.3 Å². The van der Waals surface area contributed by atoms with E-state index in [1.54, 1.807) is 23.5 Å². The predicted octanol–water partition coefficient (Wildman–Crippen LogP) is 4.21. The number of benzene rings is 1. The van der Waals surface area contributed by atoms with Crippen molar-refractivity contribution in [1.29, 1.82) is 0 Å². The van der Waals surface area contributed by atoms with E-state index >= 15 is 0 Å². The Morgan fingerprint density at radius 1 is 1.17 bits per heavy atom. The summed E-state index contributed by atoms with van der Waals surface area (Å²) in [5.74, 6) is -0.254. The van der Waals surface area contributed by atoms with Crippen molar-refractivity contribution in [2.45, 2.75) is 32.3 Å². The highest BCUT2D eigenvalue weighted by Crippen LogP contribution is 2.39. The van der Waals surface area contributed by atoms with Gasteiger partial charge in [-0.3, -0.25) is 0 Å². The Morgan fingerprint density at radius 2 is 1.78 bits per heavy atom. The monoisotopic (exact) mass is 264 g/mol. The summed E-state index contributed by atoms with van der Waals surface area (Å²) in [5, 5.41) is 12.5. The molecule has 1 heterocycles. The van der Waals surface area contributed by atoms with Gasteiger partial charge in [0.25, 0.3) is 0 Å². The average Bonchev–Trinajstić information content (AvgIpc) is 2.75. The first kappa shape index (κ1) is 13.2. The van der Waals surface area contributed by atoms with E-state index in [-0.39, 0.29) is 5.82 Å². The van der Waals surface area contributed by atoms with Gasteiger partial charge in [0, 0.05) is 10.3 Å². The van der Waals surface area contributed by atoms with Crippen LogP contribution in [0.3, 0.4) is 0 Å². The van der Waals surface area contributed by atoms with Crippen LogP contribution >= 0.6 is 11.3 Å². The van der Waals surface area contributed by atoms with Crippen LogP contribution in [0.1, 0.15) is 36.0 Å². The third kappa shape index (κ3) is 2.33. The van der Waals surface area contributed by atoms with Gasteiger partial charge in [-0.05, 0) is 41.6 Å². The summed E-state index contributed by atoms with van der Waals surface area (Å²) < 4.78 is 13.0. The summed E-state index contributed by atoms with van der Waals surface area (Å²) in [5.41, 5.74) is 1.44. The Balaban J connectivity index is 2.36. The number of rotatable bonds is 3. The zero-order valence-corrected chi connectivity index (χ0v) is 11.6. The van der Waals surface area contributed by atoms with Crippen LogP contribution in [-0.2, 0) is 5.41 Å². The van der Waals surface area contributed by atoms with E-state index in [4.69, 9.17) is 0 Å². The SMILES string of the molecule is Cc1sccc1C(O)C(C)(C)c1ccc(F)cc1. The van der Waals surface area contributed by atoms with E-state index < -0.39 is 11.5 Å². The summed E-state index contributed by atoms with van der Waals surface area (Å²) in [7, 11) is 0. The number of aliphatic hydroxyl groups excluding tert-OH is 1. The highest BCUT2D eigenvalue weighted by atomic mass is 32.1. The molecular weight excluding hydrogens is 247 g/mol. The van der Waals surface area contributed by atoms with E-state index in [2.05, 4.69) is 0 Å². The van der Waals surface area contributed by atoms with E-state index in [9.17, 15) is 9.50 Å². The van der Waals surface area contributed by atoms with Gasteiger partial charge in [0.1, 0.15) is 5.82 Å². The first-order valence-electron chi connectivity index (χ1n) is 5.91. The number of aryl methyl sites for hydroxylation is 1. The molecule has 0 saturated heterocycles. The van der Waals surface area contributed by atoms with Crippen LogP contribution in [0, 0.1) is 12.7 Å². The highest BCUT2D eigenvalue weighted by molar-refractivity contribution is 7.10. The molecule has 1 aromatic heterocycles. The number of halogens is 1. The molecule has 0 aliphatic heterocycles. The maximum Gasteiger partial charge on any atom is 0.123 e. The second kappa shape index (κ2) is 4.82. The third-order valence-corrected chi connectivity index (χ3v) is 4.33. The maximum absolute atomic E-state index is 13.0. The van der Waals surface area contributed by atoms with Gasteiger partial charge in [-0.1, -0.05) is 26.0 Å². The molecule has 96 valence electrons. The lowest BCUT2D eigenvalue weighted by atomic mass is 9.77. The van der Waals surface area contributed by atoms with Crippen LogP contribution < -0.4 is 0 Å². The molecule has 1 unspecified atom stereocenters. The van der Waals surface area contributed by atoms with E-state index in [0.29, 0.717) is 0 Å². The molecule has 1 aromatic carbocycles. The molecule has 18 heavy (non-hydrogen) atoms.